The van der Waals surface area contributed by atoms with Gasteiger partial charge in [0.1, 0.15) is 0 Å². The number of carboxylic acid groups (broad SMARTS) is 1. The van der Waals surface area contributed by atoms with E-state index in [4.69, 9.17) is 0 Å². The molecule has 0 spiro atoms. The second-order valence-corrected chi connectivity index (χ2v) is 5.67. The molecule has 0 aromatic carbocycles. The van der Waals surface area contributed by atoms with Crippen LogP contribution < -0.4 is 5.11 Å². The molecule has 1 aliphatic heterocycles. The zero-order valence-electron chi connectivity index (χ0n) is 9.81. The van der Waals surface area contributed by atoms with Gasteiger partial charge in [0.15, 0.2) is 5.17 Å². The van der Waals surface area contributed by atoms with Gasteiger partial charge in [-0.1, -0.05) is 17.8 Å². The first-order valence-electron chi connectivity index (χ1n) is 5.38. The van der Waals surface area contributed by atoms with E-state index in [0.717, 1.165) is 11.8 Å². The van der Waals surface area contributed by atoms with Crippen molar-refractivity contribution in [1.29, 1.82) is 0 Å². The van der Waals surface area contributed by atoms with Gasteiger partial charge in [0.05, 0.1) is 5.25 Å². The van der Waals surface area contributed by atoms with E-state index in [1.54, 1.807) is 17.7 Å². The fourth-order valence-corrected chi connectivity index (χ4v) is 3.22. The van der Waals surface area contributed by atoms with Crippen molar-refractivity contribution in [3.05, 3.63) is 24.2 Å². The third-order valence-electron chi connectivity index (χ3n) is 2.29. The topological polar surface area (TPSA) is 85.7 Å². The Balaban J connectivity index is 2.23. The van der Waals surface area contributed by atoms with Gasteiger partial charge in [-0.25, -0.2) is 4.98 Å². The number of carboxylic acids is 1. The highest BCUT2D eigenvalue weighted by Crippen LogP contribution is 2.31. The maximum absolute atomic E-state index is 12.0. The lowest BCUT2D eigenvalue weighted by molar-refractivity contribution is -0.305. The van der Waals surface area contributed by atoms with Crippen LogP contribution in [0.5, 0.6) is 0 Å². The maximum Gasteiger partial charge on any atom is 0.242 e. The van der Waals surface area contributed by atoms with Crippen LogP contribution in [0.4, 0.5) is 5.13 Å². The summed E-state index contributed by atoms with van der Waals surface area (Å²) in [6, 6.07) is 0. The van der Waals surface area contributed by atoms with Crippen LogP contribution in [0.1, 0.15) is 6.42 Å². The smallest absolute Gasteiger partial charge is 0.242 e. The lowest BCUT2D eigenvalue weighted by atomic mass is 10.3. The molecule has 1 aromatic heterocycles. The lowest BCUT2D eigenvalue weighted by Gasteiger charge is -2.13. The zero-order chi connectivity index (χ0) is 13.8. The number of rotatable bonds is 5. The van der Waals surface area contributed by atoms with E-state index in [2.05, 4.69) is 16.6 Å². The number of hydrogen-bond acceptors (Lipinski definition) is 7. The SMILES string of the molecule is C=CCN1C(=O)[C@@H](CC(=O)[O-])SC1=Nc1nccs1. The van der Waals surface area contributed by atoms with Crippen molar-refractivity contribution in [3.8, 4) is 0 Å². The number of thioether (sulfide) groups is 1. The Hall–Kier alpha value is -1.67. The average molecular weight is 296 g/mol. The number of carbonyl (C=O) groups is 2. The molecule has 1 atom stereocenters. The summed E-state index contributed by atoms with van der Waals surface area (Å²) < 4.78 is 0. The Bertz CT molecular complexity index is 527. The van der Waals surface area contributed by atoms with Gasteiger partial charge in [-0.05, 0) is 0 Å². The second kappa shape index (κ2) is 5.98. The summed E-state index contributed by atoms with van der Waals surface area (Å²) in [7, 11) is 0. The average Bonchev–Trinajstić information content (AvgIpc) is 2.94. The fraction of sp³-hybridized carbons (Fsp3) is 0.273. The number of aliphatic imine (C=N–C) groups is 1. The van der Waals surface area contributed by atoms with Crippen molar-refractivity contribution in [3.63, 3.8) is 0 Å². The Morgan fingerprint density at radius 2 is 2.47 bits per heavy atom. The van der Waals surface area contributed by atoms with Crippen LogP contribution in [-0.4, -0.2) is 38.7 Å². The van der Waals surface area contributed by atoms with Gasteiger partial charge in [0.25, 0.3) is 0 Å². The van der Waals surface area contributed by atoms with Crippen molar-refractivity contribution in [1.82, 2.24) is 9.88 Å². The van der Waals surface area contributed by atoms with E-state index in [9.17, 15) is 14.7 Å². The molecule has 0 unspecified atom stereocenters. The highest BCUT2D eigenvalue weighted by molar-refractivity contribution is 8.15. The molecule has 19 heavy (non-hydrogen) atoms. The molecule has 8 heteroatoms. The van der Waals surface area contributed by atoms with Crippen LogP contribution in [0.2, 0.25) is 0 Å². The van der Waals surface area contributed by atoms with Crippen molar-refractivity contribution >= 4 is 45.3 Å². The van der Waals surface area contributed by atoms with E-state index < -0.39 is 11.2 Å². The number of thiazole rings is 1. The van der Waals surface area contributed by atoms with Gasteiger partial charge >= 0.3 is 0 Å². The molecule has 100 valence electrons. The van der Waals surface area contributed by atoms with Crippen molar-refractivity contribution in [2.45, 2.75) is 11.7 Å². The van der Waals surface area contributed by atoms with Crippen LogP contribution in [0.3, 0.4) is 0 Å². The summed E-state index contributed by atoms with van der Waals surface area (Å²) in [6.45, 7) is 3.87. The highest BCUT2D eigenvalue weighted by atomic mass is 32.2. The molecule has 0 radical (unpaired) electrons. The Labute approximate surface area is 117 Å². The molecule has 0 N–H and O–H groups in total. The molecule has 0 saturated carbocycles. The standard InChI is InChI=1S/C11H11N3O3S2/c1-2-4-14-9(17)7(6-8(15)16)19-11(14)13-10-12-3-5-18-10/h2-3,5,7H,1,4,6H2,(H,15,16)/p-1/t7-/m1/s1. The minimum atomic E-state index is -1.25. The van der Waals surface area contributed by atoms with Crippen LogP contribution in [-0.2, 0) is 9.59 Å². The number of carbonyl (C=O) groups excluding carboxylic acids is 2. The molecule has 2 heterocycles. The normalized spacial score (nSPS) is 21.1. The number of nitrogens with zero attached hydrogens (tertiary/aromatic N) is 3. The van der Waals surface area contributed by atoms with Gasteiger partial charge in [0.2, 0.25) is 11.0 Å². The first-order chi connectivity index (χ1) is 9.11. The third kappa shape index (κ3) is 3.21. The van der Waals surface area contributed by atoms with E-state index in [1.807, 2.05) is 0 Å². The van der Waals surface area contributed by atoms with Crippen molar-refractivity contribution in [2.24, 2.45) is 4.99 Å². The largest absolute Gasteiger partial charge is 0.550 e. The summed E-state index contributed by atoms with van der Waals surface area (Å²) in [5, 5.41) is 12.7. The minimum Gasteiger partial charge on any atom is -0.550 e. The molecule has 1 aromatic rings. The first kappa shape index (κ1) is 13.8. The number of hydrogen-bond donors (Lipinski definition) is 0. The van der Waals surface area contributed by atoms with Crippen LogP contribution in [0, 0.1) is 0 Å². The fourth-order valence-electron chi connectivity index (χ4n) is 1.53. The molecule has 1 aliphatic rings. The molecule has 6 nitrogen and oxygen atoms in total. The number of aromatic nitrogens is 1. The minimum absolute atomic E-state index is 0.288. The molecular weight excluding hydrogens is 286 g/mol. The van der Waals surface area contributed by atoms with Crippen molar-refractivity contribution < 1.29 is 14.7 Å². The predicted octanol–water partition coefficient (Wildman–Crippen LogP) is 0.401. The van der Waals surface area contributed by atoms with Crippen LogP contribution >= 0.6 is 23.1 Å². The molecule has 1 fully saturated rings. The molecule has 0 aliphatic carbocycles. The summed E-state index contributed by atoms with van der Waals surface area (Å²) in [4.78, 5) is 32.3. The first-order valence-corrected chi connectivity index (χ1v) is 7.14. The van der Waals surface area contributed by atoms with Gasteiger partial charge in [-0.2, -0.15) is 4.99 Å². The molecule has 2 rings (SSSR count). The Morgan fingerprint density at radius 3 is 3.05 bits per heavy atom. The summed E-state index contributed by atoms with van der Waals surface area (Å²) >= 11 is 2.46. The Kier molecular flexibility index (Phi) is 4.33. The molecule has 1 saturated heterocycles. The second-order valence-electron chi connectivity index (χ2n) is 3.63. The zero-order valence-corrected chi connectivity index (χ0v) is 11.4. The van der Waals surface area contributed by atoms with Gasteiger partial charge in [-0.15, -0.1) is 17.9 Å². The third-order valence-corrected chi connectivity index (χ3v) is 4.13. The summed E-state index contributed by atoms with van der Waals surface area (Å²) in [6.07, 6.45) is 2.85. The van der Waals surface area contributed by atoms with Gasteiger partial charge in [0, 0.05) is 30.5 Å². The summed E-state index contributed by atoms with van der Waals surface area (Å²) in [5.41, 5.74) is 0. The number of amides is 1. The van der Waals surface area contributed by atoms with Crippen molar-refractivity contribution in [2.75, 3.05) is 6.54 Å². The van der Waals surface area contributed by atoms with Gasteiger partial charge < -0.3 is 9.90 Å². The number of aliphatic carboxylic acids is 1. The highest BCUT2D eigenvalue weighted by Gasteiger charge is 2.37. The van der Waals surface area contributed by atoms with E-state index >= 15 is 0 Å². The molecular formula is C11H10N3O3S2-. The maximum atomic E-state index is 12.0. The molecule has 0 bridgehead atoms. The Morgan fingerprint density at radius 1 is 1.68 bits per heavy atom. The predicted molar refractivity (Wildman–Crippen MR) is 72.1 cm³/mol. The van der Waals surface area contributed by atoms with E-state index in [-0.39, 0.29) is 12.3 Å². The van der Waals surface area contributed by atoms with Crippen LogP contribution in [0.25, 0.3) is 0 Å². The number of amidine groups is 1. The van der Waals surface area contributed by atoms with Gasteiger partial charge in [-0.3, -0.25) is 9.69 Å². The van der Waals surface area contributed by atoms with E-state index in [0.29, 0.717) is 16.8 Å². The lowest BCUT2D eigenvalue weighted by Crippen LogP contribution is -2.35. The monoisotopic (exact) mass is 296 g/mol. The van der Waals surface area contributed by atoms with Crippen LogP contribution in [0.15, 0.2) is 29.2 Å². The van der Waals surface area contributed by atoms with E-state index in [1.165, 1.54) is 16.2 Å². The quantitative estimate of drug-likeness (QED) is 0.734. The molecule has 1 amide bonds. The summed E-state index contributed by atoms with van der Waals surface area (Å²) in [5.74, 6) is -1.54.